The van der Waals surface area contributed by atoms with Gasteiger partial charge >= 0.3 is 23.9 Å². The molecule has 0 aliphatic heterocycles. The molecule has 0 saturated heterocycles. The molecule has 9 aromatic carbocycles. The Morgan fingerprint density at radius 1 is 0.275 bits per heavy atom. The van der Waals surface area contributed by atoms with Gasteiger partial charge in [-0.15, -0.1) is 0 Å². The number of anilines is 3. The first kappa shape index (κ1) is 62.9. The molecule has 9 rings (SSSR count). The Balaban J connectivity index is 1.15. The normalized spacial score (nSPS) is 11.3. The molecule has 0 spiro atoms. The zero-order valence-corrected chi connectivity index (χ0v) is 49.3. The van der Waals surface area contributed by atoms with Gasteiger partial charge < -0.3 is 25.3 Å². The minimum absolute atomic E-state index is 0.438. The fourth-order valence-corrected chi connectivity index (χ4v) is 9.85. The van der Waals surface area contributed by atoms with Crippen molar-refractivity contribution in [3.8, 4) is 0 Å². The molecule has 91 heavy (non-hydrogen) atoms. The van der Waals surface area contributed by atoms with Crippen LogP contribution in [0.3, 0.4) is 0 Å². The van der Waals surface area contributed by atoms with Gasteiger partial charge in [0.15, 0.2) is 0 Å². The number of rotatable bonds is 20. The third-order valence-corrected chi connectivity index (χ3v) is 14.7. The molecule has 0 aliphatic rings. The quantitative estimate of drug-likeness (QED) is 0.0329. The second kappa shape index (κ2) is 29.2. The maximum Gasteiger partial charge on any atom is 0.333 e. The van der Waals surface area contributed by atoms with E-state index < -0.39 is 46.7 Å². The maximum absolute atomic E-state index is 11.7. The van der Waals surface area contributed by atoms with Crippen molar-refractivity contribution >= 4 is 123 Å². The van der Waals surface area contributed by atoms with E-state index in [1.54, 1.807) is 48.5 Å². The van der Waals surface area contributed by atoms with Crippen LogP contribution in [-0.4, -0.2) is 44.3 Å². The van der Waals surface area contributed by atoms with E-state index in [2.05, 4.69) is 30.4 Å². The third-order valence-electron chi connectivity index (χ3n) is 14.2. The fraction of sp³-hybridized carbons (Fsp3) is 0. The summed E-state index contributed by atoms with van der Waals surface area (Å²) in [7, 11) is 0. The van der Waals surface area contributed by atoms with Crippen LogP contribution >= 0.6 is 23.2 Å². The van der Waals surface area contributed by atoms with Crippen molar-refractivity contribution in [2.45, 2.75) is 0 Å². The highest BCUT2D eigenvalue weighted by molar-refractivity contribution is 6.31. The smallest absolute Gasteiger partial charge is 0.333 e. The average molecular weight is 1230 g/mol. The second-order valence-electron chi connectivity index (χ2n) is 20.1. The van der Waals surface area contributed by atoms with Gasteiger partial charge in [0, 0.05) is 27.1 Å². The zero-order valence-electron chi connectivity index (χ0n) is 47.7. The standard InChI is InChI=1S/C76H47Cl2N5O8/c1-79-69(73(84)85)44-51-5-19-55(20-6-51)66(56-21-7-52(8-22-56)45-70(80-2)74(86)87)41-48-13-35-63(36-14-48)83(65-39-17-50(18-40-65)43-68(59-27-31-61(77)32-28-59)60-29-33-62(78)34-30-60)64-37-15-49(16-38-64)42-67(57-23-9-53(10-24-57)46-71(81-3)75(88)89)58-25-11-54(12-26-58)47-72(82-4)76(90)91/h5-47H,(H,84,85)(H,86,87)(H,88,89)(H,90,91)/b69-44-,70-45-,71-46-,72-47-. The van der Waals surface area contributed by atoms with E-state index in [0.717, 1.165) is 83.9 Å². The number of hydrogen-bond donors (Lipinski definition) is 4. The first-order valence-electron chi connectivity index (χ1n) is 27.5. The number of hydrogen-bond acceptors (Lipinski definition) is 5. The molecule has 0 bridgehead atoms. The monoisotopic (exact) mass is 1230 g/mol. The molecule has 0 heterocycles. The van der Waals surface area contributed by atoms with Crippen molar-refractivity contribution in [2.24, 2.45) is 0 Å². The highest BCUT2D eigenvalue weighted by atomic mass is 35.5. The zero-order chi connectivity index (χ0) is 64.6. The Bertz CT molecular complexity index is 4220. The van der Waals surface area contributed by atoms with Gasteiger partial charge in [-0.1, -0.05) is 181 Å². The van der Waals surface area contributed by atoms with Crippen LogP contribution < -0.4 is 4.90 Å². The summed E-state index contributed by atoms with van der Waals surface area (Å²) in [5.74, 6) is -5.37. The molecule has 0 radical (unpaired) electrons. The van der Waals surface area contributed by atoms with E-state index in [1.807, 2.05) is 182 Å². The van der Waals surface area contributed by atoms with Crippen molar-refractivity contribution < 1.29 is 39.6 Å². The Hall–Kier alpha value is -12.6. The van der Waals surface area contributed by atoms with E-state index in [4.69, 9.17) is 49.5 Å². The number of aliphatic carboxylic acids is 4. The van der Waals surface area contributed by atoms with Crippen LogP contribution in [0, 0.1) is 26.3 Å². The Labute approximate surface area is 534 Å². The first-order valence-corrected chi connectivity index (χ1v) is 28.2. The highest BCUT2D eigenvalue weighted by Gasteiger charge is 2.17. The van der Waals surface area contributed by atoms with Gasteiger partial charge in [-0.2, -0.15) is 0 Å². The SMILES string of the molecule is [C-]#[N+]/C(=C\c1ccc(C(=Cc2ccc(N(c3ccc(C=C(c4ccc(Cl)cc4)c4ccc(Cl)cc4)cc3)c3ccc(C=C(c4ccc(/C=C(\[N+]#[C-])C(=O)O)cc4)c4ccc(/C=C(\[N+]#[C-])C(=O)O)cc4)cc3)cc2)c2ccc(/C=C(\[N+]#[C-])C(=O)O)cc2)cc1)C(=O)O. The van der Waals surface area contributed by atoms with Crippen molar-refractivity contribution in [1.82, 2.24) is 0 Å². The van der Waals surface area contributed by atoms with Gasteiger partial charge in [0.1, 0.15) is 0 Å². The Morgan fingerprint density at radius 2 is 0.440 bits per heavy atom. The average Bonchev–Trinajstić information content (AvgIpc) is 1.48. The van der Waals surface area contributed by atoms with Crippen LogP contribution in [0.25, 0.3) is 78.6 Å². The number of carboxylic acid groups (broad SMARTS) is 4. The molecule has 0 fully saturated rings. The lowest BCUT2D eigenvalue weighted by Crippen LogP contribution is -2.09. The van der Waals surface area contributed by atoms with Crippen LogP contribution in [0.5, 0.6) is 0 Å². The summed E-state index contributed by atoms with van der Waals surface area (Å²) in [5, 5.41) is 39.3. The molecular weight excluding hydrogens is 1180 g/mol. The molecule has 0 aromatic heterocycles. The summed E-state index contributed by atoms with van der Waals surface area (Å²) in [6, 6.07) is 67.5. The van der Waals surface area contributed by atoms with Crippen LogP contribution in [0.15, 0.2) is 241 Å². The molecule has 0 amide bonds. The van der Waals surface area contributed by atoms with Crippen molar-refractivity contribution in [3.63, 3.8) is 0 Å². The van der Waals surface area contributed by atoms with E-state index in [-0.39, 0.29) is 0 Å². The first-order chi connectivity index (χ1) is 44.0. The largest absolute Gasteiger partial charge is 0.486 e. The number of nitrogens with zero attached hydrogens (tertiary/aromatic N) is 5. The van der Waals surface area contributed by atoms with Crippen LogP contribution in [0.4, 0.5) is 17.1 Å². The summed E-state index contributed by atoms with van der Waals surface area (Å²) in [6.07, 6.45) is 11.2. The van der Waals surface area contributed by atoms with Gasteiger partial charge in [0.05, 0.1) is 26.3 Å². The summed E-state index contributed by atoms with van der Waals surface area (Å²) in [4.78, 5) is 61.3. The van der Waals surface area contributed by atoms with Crippen molar-refractivity contribution in [2.75, 3.05) is 4.90 Å². The van der Waals surface area contributed by atoms with E-state index in [1.165, 1.54) is 24.3 Å². The van der Waals surface area contributed by atoms with Crippen molar-refractivity contribution in [3.05, 3.63) is 369 Å². The number of halogens is 2. The van der Waals surface area contributed by atoms with E-state index >= 15 is 0 Å². The maximum atomic E-state index is 11.7. The lowest BCUT2D eigenvalue weighted by molar-refractivity contribution is -0.133. The fourth-order valence-electron chi connectivity index (χ4n) is 9.60. The molecule has 13 nitrogen and oxygen atoms in total. The van der Waals surface area contributed by atoms with Crippen LogP contribution in [0.2, 0.25) is 10.0 Å². The Kier molecular flexibility index (Phi) is 20.2. The summed E-state index contributed by atoms with van der Waals surface area (Å²) >= 11 is 12.7. The minimum Gasteiger partial charge on any atom is -0.486 e. The van der Waals surface area contributed by atoms with E-state index in [9.17, 15) is 39.6 Å². The second-order valence-corrected chi connectivity index (χ2v) is 20.9. The molecule has 4 N–H and O–H groups in total. The van der Waals surface area contributed by atoms with Crippen LogP contribution in [-0.2, 0) is 19.2 Å². The van der Waals surface area contributed by atoms with Gasteiger partial charge in [-0.3, -0.25) is 19.2 Å². The van der Waals surface area contributed by atoms with Gasteiger partial charge in [0.25, 0.3) is 22.8 Å². The molecule has 0 saturated carbocycles. The topological polar surface area (TPSA) is 170 Å². The molecule has 0 atom stereocenters. The lowest BCUT2D eigenvalue weighted by atomic mass is 9.93. The minimum atomic E-state index is -1.34. The molecular formula is C76H47Cl2N5O8. The predicted molar refractivity (Wildman–Crippen MR) is 360 cm³/mol. The molecule has 0 unspecified atom stereocenters. The number of carbonyl (C=O) groups is 4. The van der Waals surface area contributed by atoms with Gasteiger partial charge in [-0.25, -0.2) is 19.4 Å². The van der Waals surface area contributed by atoms with Gasteiger partial charge in [-0.05, 0) is 192 Å². The lowest BCUT2D eigenvalue weighted by Gasteiger charge is -2.26. The highest BCUT2D eigenvalue weighted by Crippen LogP contribution is 2.38. The molecule has 9 aromatic rings. The predicted octanol–water partition coefficient (Wildman–Crippen LogP) is 18.6. The third kappa shape index (κ3) is 16.1. The van der Waals surface area contributed by atoms with Crippen LogP contribution in [0.1, 0.15) is 72.3 Å². The summed E-state index contributed by atoms with van der Waals surface area (Å²) in [6.45, 7) is 29.3. The van der Waals surface area contributed by atoms with Crippen molar-refractivity contribution in [1.29, 1.82) is 0 Å². The molecule has 15 heteroatoms. The van der Waals surface area contributed by atoms with E-state index in [0.29, 0.717) is 32.3 Å². The number of carboxylic acids is 4. The molecule has 0 aliphatic carbocycles. The molecule has 438 valence electrons. The summed E-state index contributed by atoms with van der Waals surface area (Å²) < 4.78 is 0. The Morgan fingerprint density at radius 3 is 0.615 bits per heavy atom. The van der Waals surface area contributed by atoms with Gasteiger partial charge in [0.2, 0.25) is 0 Å². The number of benzene rings is 9. The summed E-state index contributed by atoms with van der Waals surface area (Å²) in [5.41, 5.74) is 12.6.